The third-order valence-corrected chi connectivity index (χ3v) is 6.05. The molecule has 0 spiro atoms. The van der Waals surface area contributed by atoms with Crippen LogP contribution in [-0.4, -0.2) is 43.9 Å². The highest BCUT2D eigenvalue weighted by Crippen LogP contribution is 2.25. The van der Waals surface area contributed by atoms with Gasteiger partial charge < -0.3 is 15.0 Å². The number of likely N-dealkylation sites (tertiary alicyclic amines) is 1. The second-order valence-corrected chi connectivity index (χ2v) is 7.97. The lowest BCUT2D eigenvalue weighted by molar-refractivity contribution is 0.185. The topological polar surface area (TPSA) is 36.9 Å². The maximum absolute atomic E-state index is 5.17. The Hall–Kier alpha value is -1.25. The predicted molar refractivity (Wildman–Crippen MR) is 130 cm³/mol. The summed E-state index contributed by atoms with van der Waals surface area (Å²) in [5, 5.41) is 3.51. The molecule has 152 valence electrons. The number of nitrogens with zero attached hydrogens (tertiary/aromatic N) is 2. The Morgan fingerprint density at radius 1 is 1.14 bits per heavy atom. The molecule has 1 saturated heterocycles. The Morgan fingerprint density at radius 2 is 1.86 bits per heavy atom. The molecule has 3 rings (SSSR count). The highest BCUT2D eigenvalue weighted by Gasteiger charge is 2.24. The Balaban J connectivity index is 0.00000280. The molecule has 0 bridgehead atoms. The van der Waals surface area contributed by atoms with Crippen molar-refractivity contribution in [3.63, 3.8) is 0 Å². The quantitative estimate of drug-likeness (QED) is 0.255. The maximum atomic E-state index is 5.17. The fraction of sp³-hybridized carbons (Fsp3) is 0.409. The molecule has 2 aromatic carbocycles. The Labute approximate surface area is 190 Å². The Kier molecular flexibility index (Phi) is 10.2. The van der Waals surface area contributed by atoms with Gasteiger partial charge in [0.05, 0.1) is 6.61 Å². The van der Waals surface area contributed by atoms with Crippen LogP contribution in [0, 0.1) is 5.92 Å². The van der Waals surface area contributed by atoms with Crippen molar-refractivity contribution in [3.05, 3.63) is 65.7 Å². The fourth-order valence-corrected chi connectivity index (χ4v) is 4.38. The normalized spacial score (nSPS) is 16.7. The van der Waals surface area contributed by atoms with Gasteiger partial charge >= 0.3 is 0 Å². The molecule has 2 aromatic rings. The van der Waals surface area contributed by atoms with Crippen LogP contribution >= 0.6 is 35.7 Å². The molecule has 0 saturated carbocycles. The van der Waals surface area contributed by atoms with Gasteiger partial charge in [0.25, 0.3) is 0 Å². The summed E-state index contributed by atoms with van der Waals surface area (Å²) in [4.78, 5) is 8.23. The monoisotopic (exact) mass is 511 g/mol. The lowest BCUT2D eigenvalue weighted by Gasteiger charge is -2.22. The number of thioether (sulfide) groups is 1. The molecule has 6 heteroatoms. The van der Waals surface area contributed by atoms with Crippen molar-refractivity contribution in [1.29, 1.82) is 0 Å². The molecule has 1 heterocycles. The number of nitrogens with one attached hydrogen (secondary N) is 1. The van der Waals surface area contributed by atoms with Gasteiger partial charge in [-0.1, -0.05) is 42.5 Å². The van der Waals surface area contributed by atoms with Gasteiger partial charge in [-0.25, -0.2) is 0 Å². The zero-order chi connectivity index (χ0) is 18.9. The lowest BCUT2D eigenvalue weighted by atomic mass is 10.1. The largest absolute Gasteiger partial charge is 0.380 e. The third-order valence-electron chi connectivity index (χ3n) is 4.81. The summed E-state index contributed by atoms with van der Waals surface area (Å²) in [5.74, 6) is 2.88. The van der Waals surface area contributed by atoms with E-state index >= 15 is 0 Å². The molecular weight excluding hydrogens is 481 g/mol. The van der Waals surface area contributed by atoms with Gasteiger partial charge in [-0.05, 0) is 35.6 Å². The van der Waals surface area contributed by atoms with Gasteiger partial charge in [0.15, 0.2) is 5.96 Å². The van der Waals surface area contributed by atoms with Crippen molar-refractivity contribution in [2.75, 3.05) is 33.0 Å². The molecular formula is C22H30IN3OS. The molecule has 0 radical (unpaired) electrons. The minimum Gasteiger partial charge on any atom is -0.380 e. The van der Waals surface area contributed by atoms with Crippen LogP contribution < -0.4 is 5.32 Å². The van der Waals surface area contributed by atoms with E-state index in [-0.39, 0.29) is 24.0 Å². The summed E-state index contributed by atoms with van der Waals surface area (Å²) in [6.07, 6.45) is 1.23. The second kappa shape index (κ2) is 12.3. The standard InChI is InChI=1S/C22H29N3OS.HI/c1-23-22(24-14-18-8-10-19(11-9-18)16-26-2)25-13-12-20(15-25)17-27-21-6-4-3-5-7-21;/h3-11,20H,12-17H2,1-2H3,(H,23,24);1H. The molecule has 1 aliphatic rings. The number of guanidine groups is 1. The molecule has 1 atom stereocenters. The van der Waals surface area contributed by atoms with Crippen LogP contribution in [0.4, 0.5) is 0 Å². The molecule has 4 nitrogen and oxygen atoms in total. The first-order valence-corrected chi connectivity index (χ1v) is 10.5. The number of hydrogen-bond donors (Lipinski definition) is 1. The summed E-state index contributed by atoms with van der Waals surface area (Å²) >= 11 is 1.96. The first-order chi connectivity index (χ1) is 13.3. The smallest absolute Gasteiger partial charge is 0.193 e. The number of aliphatic imine (C=N–C) groups is 1. The summed E-state index contributed by atoms with van der Waals surface area (Å²) in [6.45, 7) is 3.60. The van der Waals surface area contributed by atoms with Gasteiger partial charge in [-0.15, -0.1) is 35.7 Å². The third kappa shape index (κ3) is 6.97. The van der Waals surface area contributed by atoms with Gasteiger partial charge in [0.2, 0.25) is 0 Å². The van der Waals surface area contributed by atoms with Crippen molar-refractivity contribution in [1.82, 2.24) is 10.2 Å². The second-order valence-electron chi connectivity index (χ2n) is 6.88. The first-order valence-electron chi connectivity index (χ1n) is 9.48. The predicted octanol–water partition coefficient (Wildman–Crippen LogP) is 4.64. The van der Waals surface area contributed by atoms with Gasteiger partial charge in [0, 0.05) is 44.4 Å². The number of benzene rings is 2. The average molecular weight is 511 g/mol. The summed E-state index contributed by atoms with van der Waals surface area (Å²) in [7, 11) is 3.59. The van der Waals surface area contributed by atoms with E-state index in [9.17, 15) is 0 Å². The van der Waals surface area contributed by atoms with Crippen LogP contribution in [0.5, 0.6) is 0 Å². The van der Waals surface area contributed by atoms with Crippen LogP contribution in [-0.2, 0) is 17.9 Å². The van der Waals surface area contributed by atoms with Gasteiger partial charge in [-0.3, -0.25) is 4.99 Å². The zero-order valence-corrected chi connectivity index (χ0v) is 19.8. The number of hydrogen-bond acceptors (Lipinski definition) is 3. The first kappa shape index (κ1) is 23.0. The van der Waals surface area contributed by atoms with Crippen LogP contribution in [0.15, 0.2) is 64.5 Å². The molecule has 0 aliphatic carbocycles. The summed E-state index contributed by atoms with van der Waals surface area (Å²) < 4.78 is 5.17. The van der Waals surface area contributed by atoms with Crippen LogP contribution in [0.1, 0.15) is 17.5 Å². The number of rotatable bonds is 7. The summed E-state index contributed by atoms with van der Waals surface area (Å²) in [5.41, 5.74) is 2.45. The van der Waals surface area contributed by atoms with Crippen molar-refractivity contribution in [2.45, 2.75) is 24.5 Å². The Bertz CT molecular complexity index is 724. The van der Waals surface area contributed by atoms with E-state index < -0.39 is 0 Å². The van der Waals surface area contributed by atoms with Crippen molar-refractivity contribution >= 4 is 41.7 Å². The number of methoxy groups -OCH3 is 1. The van der Waals surface area contributed by atoms with Crippen molar-refractivity contribution in [3.8, 4) is 0 Å². The molecule has 1 fully saturated rings. The molecule has 28 heavy (non-hydrogen) atoms. The van der Waals surface area contributed by atoms with Crippen LogP contribution in [0.3, 0.4) is 0 Å². The molecule has 1 unspecified atom stereocenters. The molecule has 1 aliphatic heterocycles. The minimum atomic E-state index is 0. The number of halogens is 1. The Morgan fingerprint density at radius 3 is 2.54 bits per heavy atom. The molecule has 0 aromatic heterocycles. The SMILES string of the molecule is CN=C(NCc1ccc(COC)cc1)N1CCC(CSc2ccccc2)C1.I. The van der Waals surface area contributed by atoms with E-state index in [1.807, 2.05) is 18.8 Å². The summed E-state index contributed by atoms with van der Waals surface area (Å²) in [6, 6.07) is 19.2. The van der Waals surface area contributed by atoms with Crippen LogP contribution in [0.2, 0.25) is 0 Å². The fourth-order valence-electron chi connectivity index (χ4n) is 3.33. The lowest BCUT2D eigenvalue weighted by Crippen LogP contribution is -2.39. The average Bonchev–Trinajstić information content (AvgIpc) is 3.18. The van der Waals surface area contributed by atoms with E-state index in [2.05, 4.69) is 69.8 Å². The van der Waals surface area contributed by atoms with Gasteiger partial charge in [0.1, 0.15) is 0 Å². The van der Waals surface area contributed by atoms with E-state index in [1.165, 1.54) is 28.2 Å². The van der Waals surface area contributed by atoms with Crippen LogP contribution in [0.25, 0.3) is 0 Å². The highest BCUT2D eigenvalue weighted by atomic mass is 127. The van der Waals surface area contributed by atoms with E-state index in [0.29, 0.717) is 12.5 Å². The van der Waals surface area contributed by atoms with Crippen molar-refractivity contribution in [2.24, 2.45) is 10.9 Å². The minimum absolute atomic E-state index is 0. The molecule has 1 N–H and O–H groups in total. The zero-order valence-electron chi connectivity index (χ0n) is 16.6. The van der Waals surface area contributed by atoms with Gasteiger partial charge in [-0.2, -0.15) is 0 Å². The van der Waals surface area contributed by atoms with E-state index in [1.54, 1.807) is 7.11 Å². The van der Waals surface area contributed by atoms with E-state index in [4.69, 9.17) is 4.74 Å². The van der Waals surface area contributed by atoms with E-state index in [0.717, 1.165) is 25.6 Å². The highest BCUT2D eigenvalue weighted by molar-refractivity contribution is 14.0. The molecule has 0 amide bonds. The number of ether oxygens (including phenoxy) is 1. The van der Waals surface area contributed by atoms with Crippen molar-refractivity contribution < 1.29 is 4.74 Å². The maximum Gasteiger partial charge on any atom is 0.193 e.